The lowest BCUT2D eigenvalue weighted by atomic mass is 10.1. The fourth-order valence-electron chi connectivity index (χ4n) is 0.760. The van der Waals surface area contributed by atoms with Gasteiger partial charge in [0, 0.05) is 5.69 Å². The topological polar surface area (TPSA) is 26.0 Å². The van der Waals surface area contributed by atoms with Gasteiger partial charge in [-0.3, -0.25) is 0 Å². The molecule has 1 nitrogen and oxygen atoms in total. The van der Waals surface area contributed by atoms with E-state index in [4.69, 9.17) is 5.73 Å². The van der Waals surface area contributed by atoms with Crippen LogP contribution in [0.4, 0.5) is 5.69 Å². The van der Waals surface area contributed by atoms with Crippen LogP contribution in [0.1, 0.15) is 11.1 Å². The molecule has 0 unspecified atom stereocenters. The molecule has 0 fully saturated rings. The molecule has 0 aliphatic carbocycles. The van der Waals surface area contributed by atoms with Crippen molar-refractivity contribution in [2.24, 2.45) is 0 Å². The van der Waals surface area contributed by atoms with Crippen molar-refractivity contribution in [3.05, 3.63) is 42.5 Å². The molecular formula is C10H15N. The molecule has 0 heterocycles. The number of hydrogen-bond acceptors (Lipinski definition) is 1. The van der Waals surface area contributed by atoms with E-state index in [2.05, 4.69) is 19.2 Å². The van der Waals surface area contributed by atoms with Gasteiger partial charge in [-0.2, -0.15) is 0 Å². The second kappa shape index (κ2) is 4.56. The molecule has 60 valence electrons. The van der Waals surface area contributed by atoms with Gasteiger partial charge in [-0.05, 0) is 31.0 Å². The third kappa shape index (κ3) is 2.89. The Morgan fingerprint density at radius 2 is 1.73 bits per heavy atom. The smallest absolute Gasteiger partial charge is 0.0346 e. The zero-order valence-corrected chi connectivity index (χ0v) is 7.22. The Morgan fingerprint density at radius 1 is 1.18 bits per heavy atom. The summed E-state index contributed by atoms with van der Waals surface area (Å²) in [6.07, 6.45) is 0. The largest absolute Gasteiger partial charge is 0.399 e. The van der Waals surface area contributed by atoms with Crippen molar-refractivity contribution < 1.29 is 0 Å². The molecule has 0 aliphatic heterocycles. The van der Waals surface area contributed by atoms with Gasteiger partial charge in [-0.15, -0.1) is 13.2 Å². The number of nitrogen functional groups attached to an aromatic ring is 1. The van der Waals surface area contributed by atoms with Crippen molar-refractivity contribution in [3.63, 3.8) is 0 Å². The van der Waals surface area contributed by atoms with Crippen LogP contribution in [0.15, 0.2) is 31.4 Å². The summed E-state index contributed by atoms with van der Waals surface area (Å²) in [5, 5.41) is 0. The van der Waals surface area contributed by atoms with Crippen LogP contribution in [-0.4, -0.2) is 0 Å². The summed E-state index contributed by atoms with van der Waals surface area (Å²) in [6, 6.07) is 6.08. The van der Waals surface area contributed by atoms with Crippen LogP contribution in [0.25, 0.3) is 0 Å². The van der Waals surface area contributed by atoms with Gasteiger partial charge in [-0.1, -0.05) is 12.1 Å². The van der Waals surface area contributed by atoms with Gasteiger partial charge in [-0.25, -0.2) is 0 Å². The van der Waals surface area contributed by atoms with E-state index < -0.39 is 0 Å². The summed E-state index contributed by atoms with van der Waals surface area (Å²) >= 11 is 0. The molecular weight excluding hydrogens is 134 g/mol. The van der Waals surface area contributed by atoms with Crippen molar-refractivity contribution in [2.45, 2.75) is 13.8 Å². The molecule has 0 bridgehead atoms. The summed E-state index contributed by atoms with van der Waals surface area (Å²) in [5.74, 6) is 0. The van der Waals surface area contributed by atoms with E-state index in [1.807, 2.05) is 26.0 Å². The molecule has 0 saturated carbocycles. The minimum atomic E-state index is 0.884. The lowest BCUT2D eigenvalue weighted by Crippen LogP contribution is -1.88. The quantitative estimate of drug-likeness (QED) is 0.445. The van der Waals surface area contributed by atoms with Crippen LogP contribution < -0.4 is 5.73 Å². The highest BCUT2D eigenvalue weighted by Crippen LogP contribution is 2.10. The number of benzene rings is 1. The predicted octanol–water partition coefficient (Wildman–Crippen LogP) is 2.69. The van der Waals surface area contributed by atoms with E-state index in [1.54, 1.807) is 0 Å². The van der Waals surface area contributed by atoms with Crippen molar-refractivity contribution in [2.75, 3.05) is 5.73 Å². The number of rotatable bonds is 0. The molecule has 0 radical (unpaired) electrons. The molecule has 1 rings (SSSR count). The average Bonchev–Trinajstić information content (AvgIpc) is 2.02. The van der Waals surface area contributed by atoms with E-state index in [1.165, 1.54) is 5.56 Å². The van der Waals surface area contributed by atoms with Crippen molar-refractivity contribution in [3.8, 4) is 0 Å². The summed E-state index contributed by atoms with van der Waals surface area (Å²) in [4.78, 5) is 0. The Balaban J connectivity index is 0.000000461. The fraction of sp³-hybridized carbons (Fsp3) is 0.200. The molecule has 1 heteroatoms. The summed E-state index contributed by atoms with van der Waals surface area (Å²) in [7, 11) is 0. The molecule has 0 spiro atoms. The van der Waals surface area contributed by atoms with Gasteiger partial charge >= 0.3 is 0 Å². The first kappa shape index (κ1) is 9.76. The molecule has 0 aromatic heterocycles. The normalized spacial score (nSPS) is 8.18. The number of hydrogen-bond donors (Lipinski definition) is 1. The lowest BCUT2D eigenvalue weighted by Gasteiger charge is -1.98. The maximum Gasteiger partial charge on any atom is 0.0346 e. The zero-order chi connectivity index (χ0) is 8.85. The van der Waals surface area contributed by atoms with Crippen LogP contribution in [0.5, 0.6) is 0 Å². The highest BCUT2D eigenvalue weighted by atomic mass is 14.5. The molecule has 0 amide bonds. The molecule has 0 atom stereocenters. The summed E-state index contributed by atoms with van der Waals surface area (Å²) in [6.45, 7) is 10.0. The summed E-state index contributed by atoms with van der Waals surface area (Å²) in [5.41, 5.74) is 8.88. The average molecular weight is 149 g/mol. The van der Waals surface area contributed by atoms with Crippen LogP contribution in [0, 0.1) is 13.8 Å². The van der Waals surface area contributed by atoms with Gasteiger partial charge in [0.2, 0.25) is 0 Å². The van der Waals surface area contributed by atoms with E-state index in [0.29, 0.717) is 0 Å². The van der Waals surface area contributed by atoms with Gasteiger partial charge in [0.25, 0.3) is 0 Å². The predicted molar refractivity (Wildman–Crippen MR) is 51.6 cm³/mol. The number of anilines is 1. The number of aryl methyl sites for hydroxylation is 2. The SMILES string of the molecule is C=C.Cc1ccc(C)c(N)c1. The second-order valence-electron chi connectivity index (χ2n) is 2.36. The maximum absolute atomic E-state index is 5.62. The minimum absolute atomic E-state index is 0.884. The van der Waals surface area contributed by atoms with Gasteiger partial charge in [0.15, 0.2) is 0 Å². The van der Waals surface area contributed by atoms with Crippen LogP contribution in [0.2, 0.25) is 0 Å². The monoisotopic (exact) mass is 149 g/mol. The van der Waals surface area contributed by atoms with E-state index in [0.717, 1.165) is 11.3 Å². The standard InChI is InChI=1S/C8H11N.C2H4/c1-6-3-4-7(2)8(9)5-6;1-2/h3-5H,9H2,1-2H3;1-2H2. The van der Waals surface area contributed by atoms with E-state index in [9.17, 15) is 0 Å². The van der Waals surface area contributed by atoms with E-state index >= 15 is 0 Å². The maximum atomic E-state index is 5.62. The van der Waals surface area contributed by atoms with Crippen LogP contribution in [0.3, 0.4) is 0 Å². The van der Waals surface area contributed by atoms with Crippen LogP contribution >= 0.6 is 0 Å². The third-order valence-electron chi connectivity index (χ3n) is 1.43. The molecule has 0 saturated heterocycles. The molecule has 11 heavy (non-hydrogen) atoms. The Morgan fingerprint density at radius 3 is 2.09 bits per heavy atom. The first-order chi connectivity index (χ1) is 5.20. The first-order valence-corrected chi connectivity index (χ1v) is 3.53. The Labute approximate surface area is 68.5 Å². The number of nitrogens with two attached hydrogens (primary N) is 1. The van der Waals surface area contributed by atoms with Crippen LogP contribution in [-0.2, 0) is 0 Å². The van der Waals surface area contributed by atoms with Gasteiger partial charge in [0.1, 0.15) is 0 Å². The Bertz CT molecular complexity index is 228. The second-order valence-corrected chi connectivity index (χ2v) is 2.36. The fourth-order valence-corrected chi connectivity index (χ4v) is 0.760. The molecule has 1 aromatic rings. The summed E-state index contributed by atoms with van der Waals surface area (Å²) < 4.78 is 0. The Hall–Kier alpha value is -1.24. The molecule has 0 aliphatic rings. The zero-order valence-electron chi connectivity index (χ0n) is 7.22. The molecule has 2 N–H and O–H groups in total. The van der Waals surface area contributed by atoms with Gasteiger partial charge in [0.05, 0.1) is 0 Å². The van der Waals surface area contributed by atoms with Crippen molar-refractivity contribution in [1.29, 1.82) is 0 Å². The van der Waals surface area contributed by atoms with Crippen molar-refractivity contribution in [1.82, 2.24) is 0 Å². The van der Waals surface area contributed by atoms with Gasteiger partial charge < -0.3 is 5.73 Å². The Kier molecular flexibility index (Phi) is 4.04. The lowest BCUT2D eigenvalue weighted by molar-refractivity contribution is 1.40. The minimum Gasteiger partial charge on any atom is -0.399 e. The third-order valence-corrected chi connectivity index (χ3v) is 1.43. The first-order valence-electron chi connectivity index (χ1n) is 3.53. The molecule has 1 aromatic carbocycles. The van der Waals surface area contributed by atoms with Crippen molar-refractivity contribution >= 4 is 5.69 Å². The highest BCUT2D eigenvalue weighted by molar-refractivity contribution is 5.47. The highest BCUT2D eigenvalue weighted by Gasteiger charge is 1.89. The van der Waals surface area contributed by atoms with E-state index in [-0.39, 0.29) is 0 Å².